The molecule has 4 heterocycles. The first kappa shape index (κ1) is 13.2. The molecule has 2 aliphatic rings. The molecule has 6 heteroatoms. The molecule has 0 aromatic carbocycles. The molecule has 2 unspecified atom stereocenters. The number of rotatable bonds is 2. The van der Waals surface area contributed by atoms with Crippen molar-refractivity contribution in [1.29, 1.82) is 0 Å². The number of pyridine rings is 1. The average molecular weight is 301 g/mol. The van der Waals surface area contributed by atoms with Crippen LogP contribution in [-0.4, -0.2) is 43.8 Å². The molecule has 110 valence electrons. The fourth-order valence-electron chi connectivity index (χ4n) is 3.76. The van der Waals surface area contributed by atoms with Gasteiger partial charge in [0.25, 0.3) is 0 Å². The van der Waals surface area contributed by atoms with E-state index in [1.807, 2.05) is 18.2 Å². The summed E-state index contributed by atoms with van der Waals surface area (Å²) in [5.41, 5.74) is 0.888. The summed E-state index contributed by atoms with van der Waals surface area (Å²) in [6.45, 7) is 2.44. The Balaban J connectivity index is 1.69. The van der Waals surface area contributed by atoms with Gasteiger partial charge >= 0.3 is 0 Å². The lowest BCUT2D eigenvalue weighted by Crippen LogP contribution is -2.38. The monoisotopic (exact) mass is 301 g/mol. The Morgan fingerprint density at radius 3 is 3.00 bits per heavy atom. The Labute approximate surface area is 129 Å². The zero-order valence-electron chi connectivity index (χ0n) is 11.9. The third-order valence-corrected chi connectivity index (χ3v) is 5.04. The van der Waals surface area contributed by atoms with Crippen LogP contribution in [0.1, 0.15) is 31.7 Å². The van der Waals surface area contributed by atoms with Crippen molar-refractivity contribution in [2.24, 2.45) is 0 Å². The second kappa shape index (κ2) is 5.35. The molecule has 2 saturated heterocycles. The van der Waals surface area contributed by atoms with Gasteiger partial charge in [-0.2, -0.15) is 5.10 Å². The highest BCUT2D eigenvalue weighted by atomic mass is 32.1. The summed E-state index contributed by atoms with van der Waals surface area (Å²) in [5.74, 6) is 0.872. The van der Waals surface area contributed by atoms with E-state index in [-0.39, 0.29) is 0 Å². The molecule has 2 fully saturated rings. The molecule has 0 radical (unpaired) electrons. The predicted octanol–water partition coefficient (Wildman–Crippen LogP) is 2.80. The highest BCUT2D eigenvalue weighted by Gasteiger charge is 2.33. The highest BCUT2D eigenvalue weighted by molar-refractivity contribution is 7.71. The molecule has 0 saturated carbocycles. The number of hydrogen-bond acceptors (Lipinski definition) is 4. The van der Waals surface area contributed by atoms with Crippen LogP contribution in [0, 0.1) is 4.77 Å². The summed E-state index contributed by atoms with van der Waals surface area (Å²) in [6, 6.07) is 7.06. The van der Waals surface area contributed by atoms with Gasteiger partial charge in [-0.25, -0.2) is 0 Å². The van der Waals surface area contributed by atoms with Crippen molar-refractivity contribution < 1.29 is 0 Å². The second-order valence-corrected chi connectivity index (χ2v) is 6.33. The van der Waals surface area contributed by atoms with E-state index in [0.717, 1.165) is 24.0 Å². The molecule has 1 N–H and O–H groups in total. The van der Waals surface area contributed by atoms with Crippen molar-refractivity contribution in [3.63, 3.8) is 0 Å². The number of nitrogens with one attached hydrogen (secondary N) is 1. The van der Waals surface area contributed by atoms with Gasteiger partial charge in [0.05, 0.1) is 0 Å². The Hall–Kier alpha value is -1.53. The number of fused-ring (bicyclic) bond motifs is 1. The largest absolute Gasteiger partial charge is 0.300 e. The van der Waals surface area contributed by atoms with Gasteiger partial charge in [0.1, 0.15) is 5.69 Å². The quantitative estimate of drug-likeness (QED) is 0.867. The summed E-state index contributed by atoms with van der Waals surface area (Å²) in [6.07, 6.45) is 6.77. The molecule has 2 aromatic rings. The van der Waals surface area contributed by atoms with Crippen LogP contribution in [0.3, 0.4) is 0 Å². The van der Waals surface area contributed by atoms with Crippen LogP contribution in [-0.2, 0) is 0 Å². The van der Waals surface area contributed by atoms with Gasteiger partial charge in [-0.05, 0) is 56.6 Å². The summed E-state index contributed by atoms with van der Waals surface area (Å²) >= 11 is 5.48. The van der Waals surface area contributed by atoms with Gasteiger partial charge in [-0.15, -0.1) is 0 Å². The molecule has 0 bridgehead atoms. The number of aromatic nitrogens is 4. The molecule has 0 spiro atoms. The van der Waals surface area contributed by atoms with Crippen LogP contribution >= 0.6 is 12.2 Å². The molecule has 4 rings (SSSR count). The summed E-state index contributed by atoms with van der Waals surface area (Å²) in [7, 11) is 0. The van der Waals surface area contributed by atoms with Gasteiger partial charge in [0.15, 0.2) is 10.6 Å². The molecule has 5 nitrogen and oxygen atoms in total. The molecular weight excluding hydrogens is 282 g/mol. The number of hydrogen-bond donors (Lipinski definition) is 1. The molecule has 2 atom stereocenters. The number of H-pyrrole nitrogens is 1. The van der Waals surface area contributed by atoms with E-state index < -0.39 is 0 Å². The van der Waals surface area contributed by atoms with Crippen molar-refractivity contribution in [2.45, 2.75) is 37.8 Å². The summed E-state index contributed by atoms with van der Waals surface area (Å²) in [4.78, 5) is 7.05. The Morgan fingerprint density at radius 2 is 2.14 bits per heavy atom. The Kier molecular flexibility index (Phi) is 3.35. The number of aromatic amines is 1. The minimum Gasteiger partial charge on any atom is -0.300 e. The minimum atomic E-state index is 0.438. The van der Waals surface area contributed by atoms with E-state index in [2.05, 4.69) is 24.6 Å². The first-order valence-corrected chi connectivity index (χ1v) is 8.06. The first-order valence-electron chi connectivity index (χ1n) is 7.65. The highest BCUT2D eigenvalue weighted by Crippen LogP contribution is 2.34. The maximum absolute atomic E-state index is 5.48. The Morgan fingerprint density at radius 1 is 1.19 bits per heavy atom. The standard InChI is InChI=1S/C15H19N5S/c21-15-18-17-14(13-5-1-2-7-16-13)20(15)12-6-9-19-8-3-4-11(19)10-12/h1-2,5,7,11-12H,3-4,6,8-10H2,(H,18,21). The molecule has 2 aliphatic heterocycles. The molecule has 0 amide bonds. The molecule has 2 aromatic heterocycles. The maximum Gasteiger partial charge on any atom is 0.195 e. The van der Waals surface area contributed by atoms with Crippen molar-refractivity contribution in [3.8, 4) is 11.5 Å². The number of nitrogens with zero attached hydrogens (tertiary/aromatic N) is 4. The third kappa shape index (κ3) is 2.32. The van der Waals surface area contributed by atoms with E-state index in [9.17, 15) is 0 Å². The van der Waals surface area contributed by atoms with Gasteiger partial charge < -0.3 is 4.90 Å². The van der Waals surface area contributed by atoms with Crippen LogP contribution in [0.15, 0.2) is 24.4 Å². The topological polar surface area (TPSA) is 49.7 Å². The van der Waals surface area contributed by atoms with Crippen LogP contribution in [0.25, 0.3) is 11.5 Å². The summed E-state index contributed by atoms with van der Waals surface area (Å²) in [5, 5.41) is 7.37. The van der Waals surface area contributed by atoms with E-state index in [1.54, 1.807) is 6.20 Å². The van der Waals surface area contributed by atoms with E-state index in [4.69, 9.17) is 12.2 Å². The van der Waals surface area contributed by atoms with Crippen molar-refractivity contribution in [1.82, 2.24) is 24.6 Å². The molecular formula is C15H19N5S. The van der Waals surface area contributed by atoms with Crippen LogP contribution in [0.2, 0.25) is 0 Å². The van der Waals surface area contributed by atoms with Crippen molar-refractivity contribution >= 4 is 12.2 Å². The third-order valence-electron chi connectivity index (χ3n) is 4.76. The van der Waals surface area contributed by atoms with Gasteiger partial charge in [-0.3, -0.25) is 14.6 Å². The fraction of sp³-hybridized carbons (Fsp3) is 0.533. The lowest BCUT2D eigenvalue weighted by atomic mass is 9.97. The lowest BCUT2D eigenvalue weighted by molar-refractivity contribution is 0.155. The van der Waals surface area contributed by atoms with Crippen LogP contribution in [0.5, 0.6) is 0 Å². The lowest BCUT2D eigenvalue weighted by Gasteiger charge is -2.35. The molecule has 21 heavy (non-hydrogen) atoms. The zero-order valence-corrected chi connectivity index (χ0v) is 12.7. The predicted molar refractivity (Wildman–Crippen MR) is 83.5 cm³/mol. The average Bonchev–Trinajstić information content (AvgIpc) is 3.13. The van der Waals surface area contributed by atoms with Gasteiger partial charge in [0, 0.05) is 24.8 Å². The maximum atomic E-state index is 5.48. The van der Waals surface area contributed by atoms with E-state index in [0.29, 0.717) is 10.8 Å². The fourth-order valence-corrected chi connectivity index (χ4v) is 4.04. The van der Waals surface area contributed by atoms with Gasteiger partial charge in [-0.1, -0.05) is 6.07 Å². The van der Waals surface area contributed by atoms with E-state index >= 15 is 0 Å². The number of piperidine rings is 1. The summed E-state index contributed by atoms with van der Waals surface area (Å²) < 4.78 is 2.90. The van der Waals surface area contributed by atoms with Crippen LogP contribution in [0.4, 0.5) is 0 Å². The zero-order chi connectivity index (χ0) is 14.2. The minimum absolute atomic E-state index is 0.438. The SMILES string of the molecule is S=c1[nH]nc(-c2ccccn2)n1C1CCN2CCCC2C1. The smallest absolute Gasteiger partial charge is 0.195 e. The van der Waals surface area contributed by atoms with Crippen molar-refractivity contribution in [3.05, 3.63) is 29.2 Å². The Bertz CT molecular complexity index is 677. The first-order chi connectivity index (χ1) is 10.3. The van der Waals surface area contributed by atoms with Crippen molar-refractivity contribution in [2.75, 3.05) is 13.1 Å². The molecule has 0 aliphatic carbocycles. The normalized spacial score (nSPS) is 25.9. The van der Waals surface area contributed by atoms with Gasteiger partial charge in [0.2, 0.25) is 0 Å². The second-order valence-electron chi connectivity index (χ2n) is 5.95. The van der Waals surface area contributed by atoms with E-state index in [1.165, 1.54) is 32.4 Å². The van der Waals surface area contributed by atoms with Crippen LogP contribution < -0.4 is 0 Å².